The standard InChI is InChI=1S/C18H27NO/c1-19(18(20)16-8-12-7-13(12)9-16)17-14-3-10-2-11(5-14)6-15(17)4-10/h10-17H,2-9H2,1H3. The molecule has 6 aliphatic carbocycles. The van der Waals surface area contributed by atoms with Gasteiger partial charge in [0, 0.05) is 19.0 Å². The zero-order valence-corrected chi connectivity index (χ0v) is 12.6. The van der Waals surface area contributed by atoms with Crippen LogP contribution in [0.5, 0.6) is 0 Å². The summed E-state index contributed by atoms with van der Waals surface area (Å²) in [6, 6.07) is 0.604. The number of nitrogens with zero attached hydrogens (tertiary/aromatic N) is 1. The van der Waals surface area contributed by atoms with Crippen molar-refractivity contribution in [3.8, 4) is 0 Å². The van der Waals surface area contributed by atoms with Crippen LogP contribution in [0.3, 0.4) is 0 Å². The molecular weight excluding hydrogens is 246 g/mol. The van der Waals surface area contributed by atoms with Gasteiger partial charge in [-0.05, 0) is 86.9 Å². The van der Waals surface area contributed by atoms with Crippen LogP contribution in [0, 0.1) is 41.4 Å². The number of rotatable bonds is 2. The van der Waals surface area contributed by atoms with Crippen molar-refractivity contribution < 1.29 is 4.79 Å². The highest BCUT2D eigenvalue weighted by molar-refractivity contribution is 5.79. The van der Waals surface area contributed by atoms with E-state index in [0.717, 1.165) is 35.5 Å². The summed E-state index contributed by atoms with van der Waals surface area (Å²) in [4.78, 5) is 15.1. The van der Waals surface area contributed by atoms with Crippen LogP contribution in [-0.4, -0.2) is 23.9 Å². The monoisotopic (exact) mass is 273 g/mol. The molecule has 0 spiro atoms. The molecule has 4 bridgehead atoms. The van der Waals surface area contributed by atoms with Crippen molar-refractivity contribution in [2.45, 2.75) is 57.4 Å². The Labute approximate surface area is 122 Å². The van der Waals surface area contributed by atoms with Crippen LogP contribution in [0.1, 0.15) is 51.4 Å². The van der Waals surface area contributed by atoms with E-state index in [0.29, 0.717) is 17.9 Å². The Balaban J connectivity index is 1.33. The maximum absolute atomic E-state index is 12.9. The third kappa shape index (κ3) is 1.66. The van der Waals surface area contributed by atoms with Crippen molar-refractivity contribution in [1.29, 1.82) is 0 Å². The van der Waals surface area contributed by atoms with Crippen molar-refractivity contribution in [2.24, 2.45) is 41.4 Å². The van der Waals surface area contributed by atoms with Crippen LogP contribution in [0.4, 0.5) is 0 Å². The highest BCUT2D eigenvalue weighted by Gasteiger charge is 2.53. The van der Waals surface area contributed by atoms with Gasteiger partial charge in [0.05, 0.1) is 0 Å². The summed E-state index contributed by atoms with van der Waals surface area (Å²) in [6.07, 6.45) is 11.0. The first-order chi connectivity index (χ1) is 9.69. The van der Waals surface area contributed by atoms with E-state index in [9.17, 15) is 4.79 Å². The molecule has 0 aromatic carbocycles. The number of carbonyl (C=O) groups excluding carboxylic acids is 1. The van der Waals surface area contributed by atoms with Gasteiger partial charge >= 0.3 is 0 Å². The zero-order chi connectivity index (χ0) is 13.4. The van der Waals surface area contributed by atoms with Gasteiger partial charge in [-0.1, -0.05) is 0 Å². The molecule has 6 fully saturated rings. The minimum atomic E-state index is 0.390. The van der Waals surface area contributed by atoms with Crippen LogP contribution < -0.4 is 0 Å². The van der Waals surface area contributed by atoms with Crippen molar-refractivity contribution in [1.82, 2.24) is 4.90 Å². The largest absolute Gasteiger partial charge is 0.342 e. The molecule has 0 saturated heterocycles. The number of amides is 1. The normalized spacial score (nSPS) is 54.9. The van der Waals surface area contributed by atoms with Crippen molar-refractivity contribution >= 4 is 5.91 Å². The Morgan fingerprint density at radius 3 is 1.85 bits per heavy atom. The van der Waals surface area contributed by atoms with Gasteiger partial charge < -0.3 is 4.90 Å². The van der Waals surface area contributed by atoms with E-state index in [1.807, 2.05) is 0 Å². The van der Waals surface area contributed by atoms with E-state index in [1.54, 1.807) is 0 Å². The molecule has 0 N–H and O–H groups in total. The van der Waals surface area contributed by atoms with Crippen molar-refractivity contribution in [3.05, 3.63) is 0 Å². The van der Waals surface area contributed by atoms with Gasteiger partial charge in [0.15, 0.2) is 0 Å². The third-order valence-corrected chi connectivity index (χ3v) is 7.56. The number of hydrogen-bond donors (Lipinski definition) is 0. The van der Waals surface area contributed by atoms with E-state index in [1.165, 1.54) is 51.4 Å². The fourth-order valence-electron chi connectivity index (χ4n) is 6.88. The zero-order valence-electron chi connectivity index (χ0n) is 12.6. The molecule has 6 rings (SSSR count). The Bertz CT molecular complexity index is 407. The molecule has 0 radical (unpaired) electrons. The molecule has 0 aliphatic heterocycles. The quantitative estimate of drug-likeness (QED) is 0.756. The molecule has 20 heavy (non-hydrogen) atoms. The van der Waals surface area contributed by atoms with Crippen LogP contribution in [0.15, 0.2) is 0 Å². The SMILES string of the molecule is CN(C(=O)C1CC2CC2C1)C1C2CC3CC(C2)CC1C3. The summed E-state index contributed by atoms with van der Waals surface area (Å²) >= 11 is 0. The van der Waals surface area contributed by atoms with E-state index < -0.39 is 0 Å². The molecule has 2 atom stereocenters. The summed E-state index contributed by atoms with van der Waals surface area (Å²) in [5, 5.41) is 0. The predicted octanol–water partition coefficient (Wildman–Crippen LogP) is 3.32. The topological polar surface area (TPSA) is 20.3 Å². The summed E-state index contributed by atoms with van der Waals surface area (Å²) in [7, 11) is 2.14. The lowest BCUT2D eigenvalue weighted by Gasteiger charge is -2.56. The number of hydrogen-bond acceptors (Lipinski definition) is 1. The van der Waals surface area contributed by atoms with Crippen LogP contribution in [-0.2, 0) is 4.79 Å². The van der Waals surface area contributed by atoms with E-state index >= 15 is 0 Å². The van der Waals surface area contributed by atoms with Gasteiger partial charge in [-0.2, -0.15) is 0 Å². The van der Waals surface area contributed by atoms with Gasteiger partial charge in [-0.15, -0.1) is 0 Å². The highest BCUT2D eigenvalue weighted by Crippen LogP contribution is 2.57. The molecule has 110 valence electrons. The second-order valence-electron chi connectivity index (χ2n) is 8.79. The molecule has 0 heterocycles. The molecule has 0 aromatic rings. The lowest BCUT2D eigenvalue weighted by atomic mass is 9.54. The molecular formula is C18H27NO. The van der Waals surface area contributed by atoms with Gasteiger partial charge in [0.1, 0.15) is 0 Å². The lowest BCUT2D eigenvalue weighted by Crippen LogP contribution is -2.57. The Kier molecular flexibility index (Phi) is 2.42. The smallest absolute Gasteiger partial charge is 0.225 e. The maximum Gasteiger partial charge on any atom is 0.225 e. The minimum Gasteiger partial charge on any atom is -0.342 e. The Morgan fingerprint density at radius 2 is 1.30 bits per heavy atom. The Morgan fingerprint density at radius 1 is 0.750 bits per heavy atom. The van der Waals surface area contributed by atoms with Gasteiger partial charge in [-0.25, -0.2) is 0 Å². The Hall–Kier alpha value is -0.530. The second-order valence-corrected chi connectivity index (χ2v) is 8.79. The van der Waals surface area contributed by atoms with Crippen molar-refractivity contribution in [2.75, 3.05) is 7.05 Å². The third-order valence-electron chi connectivity index (χ3n) is 7.56. The molecule has 6 aliphatic rings. The highest BCUT2D eigenvalue weighted by atomic mass is 16.2. The van der Waals surface area contributed by atoms with Gasteiger partial charge in [0.2, 0.25) is 5.91 Å². The van der Waals surface area contributed by atoms with E-state index in [4.69, 9.17) is 0 Å². The van der Waals surface area contributed by atoms with Crippen molar-refractivity contribution in [3.63, 3.8) is 0 Å². The van der Waals surface area contributed by atoms with Crippen LogP contribution in [0.25, 0.3) is 0 Å². The number of carbonyl (C=O) groups is 1. The minimum absolute atomic E-state index is 0.390. The van der Waals surface area contributed by atoms with Crippen LogP contribution in [0.2, 0.25) is 0 Å². The molecule has 2 heteroatoms. The van der Waals surface area contributed by atoms with Crippen LogP contribution >= 0.6 is 0 Å². The first kappa shape index (κ1) is 12.1. The van der Waals surface area contributed by atoms with E-state index in [-0.39, 0.29) is 0 Å². The second kappa shape index (κ2) is 4.01. The molecule has 0 aromatic heterocycles. The fourth-order valence-corrected chi connectivity index (χ4v) is 6.88. The molecule has 2 nitrogen and oxygen atoms in total. The average molecular weight is 273 g/mol. The van der Waals surface area contributed by atoms with Gasteiger partial charge in [0.25, 0.3) is 0 Å². The first-order valence-electron chi connectivity index (χ1n) is 8.95. The summed E-state index contributed by atoms with van der Waals surface area (Å²) < 4.78 is 0. The molecule has 6 saturated carbocycles. The summed E-state index contributed by atoms with van der Waals surface area (Å²) in [5.41, 5.74) is 0. The lowest BCUT2D eigenvalue weighted by molar-refractivity contribution is -0.145. The summed E-state index contributed by atoms with van der Waals surface area (Å²) in [5.74, 6) is 6.46. The van der Waals surface area contributed by atoms with Gasteiger partial charge in [-0.3, -0.25) is 4.79 Å². The molecule has 1 amide bonds. The summed E-state index contributed by atoms with van der Waals surface area (Å²) in [6.45, 7) is 0. The fraction of sp³-hybridized carbons (Fsp3) is 0.944. The maximum atomic E-state index is 12.9. The van der Waals surface area contributed by atoms with E-state index in [2.05, 4.69) is 11.9 Å². The number of fused-ring (bicyclic) bond motifs is 1. The first-order valence-corrected chi connectivity index (χ1v) is 8.95. The average Bonchev–Trinajstić information content (AvgIpc) is 3.03. The molecule has 2 unspecified atom stereocenters. The predicted molar refractivity (Wildman–Crippen MR) is 77.9 cm³/mol.